The van der Waals surface area contributed by atoms with Crippen molar-refractivity contribution in [3.8, 4) is 0 Å². The van der Waals surface area contributed by atoms with Gasteiger partial charge in [0, 0.05) is 29.6 Å². The minimum Gasteiger partial charge on any atom is -0.462 e. The molecular weight excluding hydrogens is 620 g/mol. The average molecular weight is 675 g/mol. The van der Waals surface area contributed by atoms with Gasteiger partial charge in [-0.1, -0.05) is 46.3 Å². The molecule has 9 rings (SSSR count). The second kappa shape index (κ2) is 9.63. The molecule has 0 aromatic carbocycles. The Bertz CT molecular complexity index is 1450. The highest BCUT2D eigenvalue weighted by Gasteiger charge is 2.85. The maximum absolute atomic E-state index is 12.9. The summed E-state index contributed by atoms with van der Waals surface area (Å²) in [5, 5.41) is 41.7. The molecule has 11 nitrogen and oxygen atoms in total. The molecule has 4 saturated carbocycles. The van der Waals surface area contributed by atoms with Crippen molar-refractivity contribution < 1.29 is 53.6 Å². The van der Waals surface area contributed by atoms with Gasteiger partial charge in [0.05, 0.1) is 18.8 Å². The molecule has 0 radical (unpaired) electrons. The summed E-state index contributed by atoms with van der Waals surface area (Å²) in [5.41, 5.74) is -0.191. The van der Waals surface area contributed by atoms with E-state index in [1.807, 2.05) is 6.92 Å². The van der Waals surface area contributed by atoms with Crippen LogP contribution in [0.2, 0.25) is 0 Å². The Hall–Kier alpha value is -1.15. The van der Waals surface area contributed by atoms with Gasteiger partial charge in [-0.3, -0.25) is 4.79 Å². The van der Waals surface area contributed by atoms with Crippen LogP contribution in [0.1, 0.15) is 93.4 Å². The largest absolute Gasteiger partial charge is 0.462 e. The normalized spacial score (nSPS) is 61.6. The number of carbonyl (C=O) groups is 1. The number of carbonyl (C=O) groups excluding carboxylic acids is 1. The van der Waals surface area contributed by atoms with E-state index in [1.54, 1.807) is 0 Å². The smallest absolute Gasteiger partial charge is 0.302 e. The van der Waals surface area contributed by atoms with Crippen LogP contribution in [0.5, 0.6) is 0 Å². The van der Waals surface area contributed by atoms with Crippen molar-refractivity contribution in [2.45, 2.75) is 160 Å². The maximum Gasteiger partial charge on any atom is 0.302 e. The Morgan fingerprint density at radius 2 is 1.71 bits per heavy atom. The number of aliphatic hydroxyl groups is 4. The Morgan fingerprint density at radius 3 is 2.38 bits per heavy atom. The van der Waals surface area contributed by atoms with E-state index < -0.39 is 42.3 Å². The second-order valence-electron chi connectivity index (χ2n) is 18.5. The first kappa shape index (κ1) is 32.7. The predicted octanol–water partition coefficient (Wildman–Crippen LogP) is 2.95. The van der Waals surface area contributed by atoms with Crippen molar-refractivity contribution in [1.29, 1.82) is 0 Å². The van der Waals surface area contributed by atoms with Gasteiger partial charge in [-0.25, -0.2) is 0 Å². The number of fused-ring (bicyclic) bond motifs is 6. The van der Waals surface area contributed by atoms with Gasteiger partial charge in [-0.2, -0.15) is 0 Å². The molecule has 48 heavy (non-hydrogen) atoms. The van der Waals surface area contributed by atoms with Crippen LogP contribution in [-0.2, 0) is 33.2 Å². The number of rotatable bonds is 3. The van der Waals surface area contributed by atoms with Crippen LogP contribution in [0.15, 0.2) is 11.6 Å². The van der Waals surface area contributed by atoms with E-state index in [9.17, 15) is 25.2 Å². The fraction of sp³-hybridized carbons (Fsp3) is 0.919. The summed E-state index contributed by atoms with van der Waals surface area (Å²) in [7, 11) is 0. The van der Waals surface area contributed by atoms with Gasteiger partial charge >= 0.3 is 5.97 Å². The highest BCUT2D eigenvalue weighted by molar-refractivity contribution is 5.66. The predicted molar refractivity (Wildman–Crippen MR) is 168 cm³/mol. The van der Waals surface area contributed by atoms with Crippen LogP contribution >= 0.6 is 0 Å². The molecule has 3 spiro atoms. The molecule has 18 atom stereocenters. The summed E-state index contributed by atoms with van der Waals surface area (Å²) >= 11 is 0. The molecule has 0 aromatic heterocycles. The first-order chi connectivity index (χ1) is 22.4. The Kier molecular flexibility index (Phi) is 6.57. The van der Waals surface area contributed by atoms with E-state index in [0.717, 1.165) is 38.5 Å². The fourth-order valence-electron chi connectivity index (χ4n) is 13.8. The lowest BCUT2D eigenvalue weighted by Gasteiger charge is -2.62. The topological polar surface area (TPSA) is 157 Å². The fourth-order valence-corrected chi connectivity index (χ4v) is 13.8. The number of hydrogen-bond donors (Lipinski definition) is 4. The molecule has 9 aliphatic rings. The van der Waals surface area contributed by atoms with Gasteiger partial charge in [-0.15, -0.1) is 0 Å². The molecular formula is C37H54O11. The number of allylic oxidation sites excluding steroid dienone is 2. The summed E-state index contributed by atoms with van der Waals surface area (Å²) in [6, 6.07) is 0. The number of esters is 1. The molecule has 11 heteroatoms. The maximum atomic E-state index is 12.9. The quantitative estimate of drug-likeness (QED) is 0.198. The molecule has 4 N–H and O–H groups in total. The van der Waals surface area contributed by atoms with Gasteiger partial charge in [-0.05, 0) is 74.0 Å². The van der Waals surface area contributed by atoms with Crippen molar-refractivity contribution in [2.24, 2.45) is 44.8 Å². The molecule has 5 aliphatic carbocycles. The summed E-state index contributed by atoms with van der Waals surface area (Å²) in [5.74, 6) is -0.600. The van der Waals surface area contributed by atoms with E-state index in [1.165, 1.54) is 12.5 Å². The van der Waals surface area contributed by atoms with Crippen LogP contribution < -0.4 is 0 Å². The molecule has 4 saturated heterocycles. The summed E-state index contributed by atoms with van der Waals surface area (Å²) in [6.07, 6.45) is 1.68. The molecule has 4 heterocycles. The lowest BCUT2D eigenvalue weighted by atomic mass is 9.44. The highest BCUT2D eigenvalue weighted by atomic mass is 16.8. The van der Waals surface area contributed by atoms with Gasteiger partial charge in [0.25, 0.3) is 0 Å². The Labute approximate surface area is 282 Å². The van der Waals surface area contributed by atoms with Crippen molar-refractivity contribution in [3.63, 3.8) is 0 Å². The van der Waals surface area contributed by atoms with Crippen molar-refractivity contribution in [2.75, 3.05) is 6.61 Å². The minimum atomic E-state index is -1.32. The summed E-state index contributed by atoms with van der Waals surface area (Å²) < 4.78 is 37.8. The van der Waals surface area contributed by atoms with E-state index in [4.69, 9.17) is 28.4 Å². The van der Waals surface area contributed by atoms with Crippen LogP contribution in [0.4, 0.5) is 0 Å². The van der Waals surface area contributed by atoms with Gasteiger partial charge in [0.1, 0.15) is 36.1 Å². The third-order valence-electron chi connectivity index (χ3n) is 16.1. The molecule has 8 fully saturated rings. The van der Waals surface area contributed by atoms with Crippen LogP contribution in [0.25, 0.3) is 0 Å². The standard InChI is InChI=1S/C37H54O11/c1-17-12-37(29-34(7,47-29)30(42)48-37)46-20-13-32(5)22-9-8-21-31(3,4)23(45-28-27(41)26(40)19(39)15-43-28)10-11-35(21)16-36(22,35)14-24(44-18(2)38)33(32,6)25(17)20/h9,17,19-21,23-30,39-42H,8,10-16H2,1-7H3/t17-,19-,20+,21+,23+,24-,25+,26+,27-,28+,29-,30-,32+,33-,34-,35-,36+,37-/m1/s1. The SMILES string of the molecule is CC(=O)O[C@@H]1C[C@@]23C[C@@]24CC[C@H](O[C@@H]2OC[C@@H](O)[C@H](O)[C@H]2O)C(C)(C)[C@@H]4CC=C3[C@]2(C)C[C@@H]3O[C@]4(C[C@@H](C)[C@@H]3[C@@]12C)O[C@@H](O)[C@]1(C)O[C@@H]41. The van der Waals surface area contributed by atoms with E-state index >= 15 is 0 Å². The molecule has 0 bridgehead atoms. The highest BCUT2D eigenvalue weighted by Crippen LogP contribution is 2.88. The third-order valence-corrected chi connectivity index (χ3v) is 16.1. The molecule has 268 valence electrons. The molecule has 0 aromatic rings. The van der Waals surface area contributed by atoms with E-state index in [-0.39, 0.29) is 75.9 Å². The monoisotopic (exact) mass is 674 g/mol. The zero-order valence-electron chi connectivity index (χ0n) is 29.3. The lowest BCUT2D eigenvalue weighted by molar-refractivity contribution is -0.345. The first-order valence-corrected chi connectivity index (χ1v) is 18.3. The third kappa shape index (κ3) is 3.69. The molecule has 0 unspecified atom stereocenters. The number of hydrogen-bond acceptors (Lipinski definition) is 11. The molecule has 0 amide bonds. The molecule has 4 aliphatic heterocycles. The zero-order chi connectivity index (χ0) is 34.2. The average Bonchev–Trinajstić information content (AvgIpc) is 3.84. The Balaban J connectivity index is 1.06. The number of ether oxygens (including phenoxy) is 6. The van der Waals surface area contributed by atoms with Gasteiger partial charge in [0.2, 0.25) is 5.79 Å². The van der Waals surface area contributed by atoms with E-state index in [0.29, 0.717) is 12.3 Å². The number of epoxide rings is 1. The summed E-state index contributed by atoms with van der Waals surface area (Å²) in [4.78, 5) is 12.9. The second-order valence-corrected chi connectivity index (χ2v) is 18.5. The van der Waals surface area contributed by atoms with Gasteiger partial charge < -0.3 is 48.8 Å². The minimum absolute atomic E-state index is 0.0364. The van der Waals surface area contributed by atoms with Crippen molar-refractivity contribution in [3.05, 3.63) is 11.6 Å². The van der Waals surface area contributed by atoms with Crippen LogP contribution in [0.3, 0.4) is 0 Å². The van der Waals surface area contributed by atoms with Crippen LogP contribution in [0, 0.1) is 44.8 Å². The van der Waals surface area contributed by atoms with E-state index in [2.05, 4.69) is 40.7 Å². The summed E-state index contributed by atoms with van der Waals surface area (Å²) in [6.45, 7) is 14.9. The first-order valence-electron chi connectivity index (χ1n) is 18.3. The van der Waals surface area contributed by atoms with Crippen molar-refractivity contribution in [1.82, 2.24) is 0 Å². The number of aliphatic hydroxyl groups excluding tert-OH is 4. The lowest BCUT2D eigenvalue weighted by Crippen LogP contribution is -2.61. The van der Waals surface area contributed by atoms with Gasteiger partial charge in [0.15, 0.2) is 12.6 Å². The van der Waals surface area contributed by atoms with Crippen molar-refractivity contribution >= 4 is 5.97 Å². The zero-order valence-corrected chi connectivity index (χ0v) is 29.3. The Morgan fingerprint density at radius 1 is 0.958 bits per heavy atom. The van der Waals surface area contributed by atoms with Crippen LogP contribution in [-0.4, -0.2) is 99.7 Å².